The molecule has 0 saturated carbocycles. The van der Waals surface area contributed by atoms with Crippen molar-refractivity contribution < 1.29 is 17.6 Å². The molecule has 0 aliphatic carbocycles. The van der Waals surface area contributed by atoms with E-state index in [0.717, 1.165) is 12.6 Å². The number of hydrogen-bond donors (Lipinski definition) is 1. The Morgan fingerprint density at radius 2 is 2.10 bits per heavy atom. The summed E-state index contributed by atoms with van der Waals surface area (Å²) in [6, 6.07) is 3.93. The summed E-state index contributed by atoms with van der Waals surface area (Å²) in [5.74, 6) is 0.468. The van der Waals surface area contributed by atoms with Gasteiger partial charge in [0.2, 0.25) is 5.89 Å². The van der Waals surface area contributed by atoms with Crippen LogP contribution in [0.25, 0.3) is 11.3 Å². The number of nitrogens with zero attached hydrogens (tertiary/aromatic N) is 1. The fourth-order valence-corrected chi connectivity index (χ4v) is 2.08. The first-order chi connectivity index (χ1) is 9.41. The fraction of sp³-hybridized carbons (Fsp3) is 0.308. The third-order valence-corrected chi connectivity index (χ3v) is 3.13. The second-order valence-electron chi connectivity index (χ2n) is 4.09. The largest absolute Gasteiger partial charge is 0.439 e. The Balaban J connectivity index is 2.39. The van der Waals surface area contributed by atoms with E-state index in [2.05, 4.69) is 26.2 Å². The van der Waals surface area contributed by atoms with Crippen molar-refractivity contribution in [1.82, 2.24) is 10.3 Å². The van der Waals surface area contributed by atoms with Gasteiger partial charge in [-0.15, -0.1) is 0 Å². The molecular weight excluding hydrogens is 337 g/mol. The van der Waals surface area contributed by atoms with Crippen LogP contribution in [0.15, 0.2) is 33.3 Å². The lowest BCUT2D eigenvalue weighted by Crippen LogP contribution is -2.11. The molecule has 1 aromatic heterocycles. The van der Waals surface area contributed by atoms with Gasteiger partial charge < -0.3 is 9.73 Å². The summed E-state index contributed by atoms with van der Waals surface area (Å²) in [6.45, 7) is 3.03. The summed E-state index contributed by atoms with van der Waals surface area (Å²) in [6.07, 6.45) is -3.14. The molecular formula is C13H12BrF3N2O. The molecule has 1 heterocycles. The first-order valence-corrected chi connectivity index (χ1v) is 6.73. The maximum absolute atomic E-state index is 13.0. The summed E-state index contributed by atoms with van der Waals surface area (Å²) in [7, 11) is 0. The number of alkyl halides is 3. The van der Waals surface area contributed by atoms with Crippen molar-refractivity contribution >= 4 is 15.9 Å². The first kappa shape index (κ1) is 15.1. The highest BCUT2D eigenvalue weighted by Crippen LogP contribution is 2.38. The molecule has 7 heteroatoms. The van der Waals surface area contributed by atoms with Crippen molar-refractivity contribution in [2.45, 2.75) is 19.6 Å². The summed E-state index contributed by atoms with van der Waals surface area (Å²) < 4.78 is 44.8. The van der Waals surface area contributed by atoms with Gasteiger partial charge >= 0.3 is 6.18 Å². The second-order valence-corrected chi connectivity index (χ2v) is 5.00. The third-order valence-electron chi connectivity index (χ3n) is 2.63. The molecule has 0 aliphatic heterocycles. The smallest absolute Gasteiger partial charge is 0.417 e. The molecule has 1 aromatic carbocycles. The number of oxazole rings is 1. The van der Waals surface area contributed by atoms with E-state index in [0.29, 0.717) is 16.9 Å². The Kier molecular flexibility index (Phi) is 4.49. The number of nitrogens with one attached hydrogen (secondary N) is 1. The van der Waals surface area contributed by atoms with Crippen molar-refractivity contribution in [3.8, 4) is 11.3 Å². The lowest BCUT2D eigenvalue weighted by molar-refractivity contribution is -0.137. The predicted octanol–water partition coefficient (Wildman–Crippen LogP) is 4.23. The molecule has 2 rings (SSSR count). The van der Waals surface area contributed by atoms with E-state index in [-0.39, 0.29) is 11.3 Å². The van der Waals surface area contributed by atoms with Crippen molar-refractivity contribution in [2.75, 3.05) is 6.54 Å². The van der Waals surface area contributed by atoms with Gasteiger partial charge in [-0.2, -0.15) is 13.2 Å². The third kappa shape index (κ3) is 3.40. The molecule has 0 aliphatic rings. The van der Waals surface area contributed by atoms with Gasteiger partial charge in [0.1, 0.15) is 0 Å². The highest BCUT2D eigenvalue weighted by Gasteiger charge is 2.34. The van der Waals surface area contributed by atoms with Crippen LogP contribution in [0.3, 0.4) is 0 Å². The van der Waals surface area contributed by atoms with Crippen LogP contribution in [0.2, 0.25) is 0 Å². The minimum absolute atomic E-state index is 0.0176. The molecule has 0 fully saturated rings. The zero-order valence-electron chi connectivity index (χ0n) is 10.6. The van der Waals surface area contributed by atoms with Crippen molar-refractivity contribution in [1.29, 1.82) is 0 Å². The minimum atomic E-state index is -4.45. The molecule has 2 aromatic rings. The van der Waals surface area contributed by atoms with Gasteiger partial charge in [0.05, 0.1) is 18.3 Å². The van der Waals surface area contributed by atoms with Gasteiger partial charge in [-0.05, 0) is 24.7 Å². The highest BCUT2D eigenvalue weighted by molar-refractivity contribution is 9.10. The van der Waals surface area contributed by atoms with E-state index in [4.69, 9.17) is 4.42 Å². The minimum Gasteiger partial charge on any atom is -0.439 e. The van der Waals surface area contributed by atoms with Gasteiger partial charge in [0.15, 0.2) is 5.76 Å². The van der Waals surface area contributed by atoms with Crippen molar-refractivity contribution in [3.05, 3.63) is 40.3 Å². The molecule has 0 saturated heterocycles. The van der Waals surface area contributed by atoms with E-state index in [1.54, 1.807) is 0 Å². The topological polar surface area (TPSA) is 38.1 Å². The van der Waals surface area contributed by atoms with Crippen molar-refractivity contribution in [3.63, 3.8) is 0 Å². The Hall–Kier alpha value is -1.34. The van der Waals surface area contributed by atoms with Gasteiger partial charge in [-0.1, -0.05) is 22.9 Å². The maximum Gasteiger partial charge on any atom is 0.417 e. The summed E-state index contributed by atoms with van der Waals surface area (Å²) >= 11 is 3.04. The van der Waals surface area contributed by atoms with E-state index < -0.39 is 11.7 Å². The fourth-order valence-electron chi connectivity index (χ4n) is 1.71. The lowest BCUT2D eigenvalue weighted by Gasteiger charge is -2.11. The molecule has 20 heavy (non-hydrogen) atoms. The van der Waals surface area contributed by atoms with Gasteiger partial charge in [0.25, 0.3) is 0 Å². The van der Waals surface area contributed by atoms with Crippen LogP contribution in [-0.2, 0) is 12.7 Å². The molecule has 0 unspecified atom stereocenters. The van der Waals surface area contributed by atoms with Crippen LogP contribution in [0.5, 0.6) is 0 Å². The maximum atomic E-state index is 13.0. The van der Waals surface area contributed by atoms with E-state index in [1.807, 2.05) is 6.92 Å². The van der Waals surface area contributed by atoms with Crippen LogP contribution in [0.4, 0.5) is 13.2 Å². The molecule has 1 N–H and O–H groups in total. The SMILES string of the molecule is CCNCc1ncc(-c2ccc(Br)cc2C(F)(F)F)o1. The zero-order valence-corrected chi connectivity index (χ0v) is 12.2. The Bertz CT molecular complexity index is 596. The lowest BCUT2D eigenvalue weighted by atomic mass is 10.1. The monoisotopic (exact) mass is 348 g/mol. The van der Waals surface area contributed by atoms with E-state index >= 15 is 0 Å². The summed E-state index contributed by atoms with van der Waals surface area (Å²) in [4.78, 5) is 3.97. The van der Waals surface area contributed by atoms with Crippen molar-refractivity contribution in [2.24, 2.45) is 0 Å². The normalized spacial score (nSPS) is 11.8. The molecule has 0 atom stereocenters. The number of benzene rings is 1. The number of rotatable bonds is 4. The number of hydrogen-bond acceptors (Lipinski definition) is 3. The Labute approximate surface area is 122 Å². The average Bonchev–Trinajstić information content (AvgIpc) is 2.84. The van der Waals surface area contributed by atoms with Crippen LogP contribution in [-0.4, -0.2) is 11.5 Å². The number of aromatic nitrogens is 1. The van der Waals surface area contributed by atoms with Gasteiger partial charge in [-0.25, -0.2) is 4.98 Å². The molecule has 0 spiro atoms. The van der Waals surface area contributed by atoms with Crippen LogP contribution in [0, 0.1) is 0 Å². The predicted molar refractivity (Wildman–Crippen MR) is 72.0 cm³/mol. The Morgan fingerprint density at radius 3 is 2.75 bits per heavy atom. The standard InChI is InChI=1S/C13H12BrF3N2O/c1-2-18-7-12-19-6-11(20-12)9-4-3-8(14)5-10(9)13(15,16)17/h3-6,18H,2,7H2,1H3. The summed E-state index contributed by atoms with van der Waals surface area (Å²) in [5.41, 5.74) is -0.769. The van der Waals surface area contributed by atoms with Crippen LogP contribution >= 0.6 is 15.9 Å². The van der Waals surface area contributed by atoms with Gasteiger partial charge in [0, 0.05) is 10.0 Å². The first-order valence-electron chi connectivity index (χ1n) is 5.94. The molecule has 0 bridgehead atoms. The average molecular weight is 349 g/mol. The number of halogens is 4. The van der Waals surface area contributed by atoms with Gasteiger partial charge in [-0.3, -0.25) is 0 Å². The Morgan fingerprint density at radius 1 is 1.35 bits per heavy atom. The van der Waals surface area contributed by atoms with Crippen LogP contribution < -0.4 is 5.32 Å². The zero-order chi connectivity index (χ0) is 14.8. The molecule has 108 valence electrons. The van der Waals surface area contributed by atoms with E-state index in [9.17, 15) is 13.2 Å². The van der Waals surface area contributed by atoms with E-state index in [1.165, 1.54) is 18.3 Å². The quantitative estimate of drug-likeness (QED) is 0.898. The van der Waals surface area contributed by atoms with Crippen LogP contribution in [0.1, 0.15) is 18.4 Å². The second kappa shape index (κ2) is 5.97. The summed E-state index contributed by atoms with van der Waals surface area (Å²) in [5, 5.41) is 3.00. The highest BCUT2D eigenvalue weighted by atomic mass is 79.9. The molecule has 0 amide bonds. The molecule has 3 nitrogen and oxygen atoms in total. The molecule has 0 radical (unpaired) electrons.